The fraction of sp³-hybridized carbons (Fsp3) is 0. The first-order valence-electron chi connectivity index (χ1n) is 2.68. The van der Waals surface area contributed by atoms with E-state index < -0.39 is 23.1 Å². The highest BCUT2D eigenvalue weighted by Crippen LogP contribution is 2.17. The molecule has 1 aromatic heterocycles. The number of aromatic hydroxyl groups is 1. The summed E-state index contributed by atoms with van der Waals surface area (Å²) in [6.07, 6.45) is 1.59. The van der Waals surface area contributed by atoms with Crippen LogP contribution in [0.15, 0.2) is 12.4 Å². The summed E-state index contributed by atoms with van der Waals surface area (Å²) in [6.45, 7) is 0. The van der Waals surface area contributed by atoms with E-state index in [9.17, 15) is 9.18 Å². The Morgan fingerprint density at radius 1 is 1.55 bits per heavy atom. The van der Waals surface area contributed by atoms with Crippen LogP contribution in [0.1, 0.15) is 10.4 Å². The van der Waals surface area contributed by atoms with E-state index in [1.807, 2.05) is 0 Å². The molecule has 0 aromatic carbocycles. The van der Waals surface area contributed by atoms with Crippen molar-refractivity contribution in [3.8, 4) is 5.75 Å². The van der Waals surface area contributed by atoms with Crippen molar-refractivity contribution in [2.24, 2.45) is 0 Å². The number of aromatic nitrogens is 1. The minimum atomic E-state index is -1.51. The topological polar surface area (TPSA) is 70.4 Å². The second kappa shape index (κ2) is 2.53. The Hall–Kier alpha value is -1.65. The number of carbonyl (C=O) groups is 1. The van der Waals surface area contributed by atoms with Crippen molar-refractivity contribution < 1.29 is 19.4 Å². The molecule has 0 atom stereocenters. The maximum absolute atomic E-state index is 12.5. The van der Waals surface area contributed by atoms with Gasteiger partial charge in [-0.05, 0) is 0 Å². The van der Waals surface area contributed by atoms with Crippen LogP contribution in [0.2, 0.25) is 0 Å². The molecule has 4 nitrogen and oxygen atoms in total. The molecule has 0 amide bonds. The summed E-state index contributed by atoms with van der Waals surface area (Å²) in [7, 11) is 0. The van der Waals surface area contributed by atoms with E-state index >= 15 is 0 Å². The lowest BCUT2D eigenvalue weighted by Gasteiger charge is -1.97. The number of nitrogens with zero attached hydrogens (tertiary/aromatic N) is 1. The minimum absolute atomic E-state index is 0.669. The molecule has 0 saturated carbocycles. The molecule has 0 fully saturated rings. The SMILES string of the molecule is O=C(O)c1c(O)cncc1F. The van der Waals surface area contributed by atoms with Crippen molar-refractivity contribution in [2.45, 2.75) is 0 Å². The molecule has 0 aliphatic carbocycles. The molecule has 0 radical (unpaired) electrons. The average molecular weight is 157 g/mol. The van der Waals surface area contributed by atoms with E-state index in [1.54, 1.807) is 0 Å². The summed E-state index contributed by atoms with van der Waals surface area (Å²) in [6, 6.07) is 0. The zero-order valence-corrected chi connectivity index (χ0v) is 5.28. The number of carboxylic acids is 1. The quantitative estimate of drug-likeness (QED) is 0.627. The van der Waals surface area contributed by atoms with E-state index in [0.717, 1.165) is 12.4 Å². The number of hydrogen-bond donors (Lipinski definition) is 2. The van der Waals surface area contributed by atoms with Gasteiger partial charge in [0, 0.05) is 0 Å². The molecule has 1 aromatic rings. The van der Waals surface area contributed by atoms with E-state index in [0.29, 0.717) is 0 Å². The second-order valence-corrected chi connectivity index (χ2v) is 1.82. The zero-order chi connectivity index (χ0) is 8.43. The molecule has 0 aliphatic heterocycles. The molecule has 1 rings (SSSR count). The number of hydrogen-bond acceptors (Lipinski definition) is 3. The largest absolute Gasteiger partial charge is 0.505 e. The highest BCUT2D eigenvalue weighted by atomic mass is 19.1. The maximum Gasteiger partial charge on any atom is 0.342 e. The Kier molecular flexibility index (Phi) is 1.72. The van der Waals surface area contributed by atoms with E-state index in [4.69, 9.17) is 10.2 Å². The first-order chi connectivity index (χ1) is 5.13. The van der Waals surface area contributed by atoms with Gasteiger partial charge in [-0.3, -0.25) is 4.98 Å². The van der Waals surface area contributed by atoms with Gasteiger partial charge in [-0.15, -0.1) is 0 Å². The predicted octanol–water partition coefficient (Wildman–Crippen LogP) is 0.624. The van der Waals surface area contributed by atoms with E-state index in [2.05, 4.69) is 4.98 Å². The first-order valence-corrected chi connectivity index (χ1v) is 2.68. The number of pyridine rings is 1. The van der Waals surface area contributed by atoms with Crippen molar-refractivity contribution in [1.29, 1.82) is 0 Å². The molecule has 0 saturated heterocycles. The monoisotopic (exact) mass is 157 g/mol. The molecule has 5 heteroatoms. The standard InChI is InChI=1S/C6H4FNO3/c7-3-1-8-2-4(9)5(3)6(10)11/h1-2,9H,(H,10,11). The third-order valence-electron chi connectivity index (χ3n) is 1.09. The summed E-state index contributed by atoms with van der Waals surface area (Å²) < 4.78 is 12.5. The van der Waals surface area contributed by atoms with Gasteiger partial charge in [0.2, 0.25) is 0 Å². The van der Waals surface area contributed by atoms with Crippen LogP contribution < -0.4 is 0 Å². The average Bonchev–Trinajstić information content (AvgIpc) is 1.85. The van der Waals surface area contributed by atoms with Crippen LogP contribution in [0.3, 0.4) is 0 Å². The van der Waals surface area contributed by atoms with Crippen molar-refractivity contribution in [2.75, 3.05) is 0 Å². The first kappa shape index (κ1) is 7.46. The van der Waals surface area contributed by atoms with Crippen LogP contribution in [0.4, 0.5) is 4.39 Å². The van der Waals surface area contributed by atoms with Gasteiger partial charge in [-0.2, -0.15) is 0 Å². The maximum atomic E-state index is 12.5. The summed E-state index contributed by atoms with van der Waals surface area (Å²) in [5, 5.41) is 17.1. The van der Waals surface area contributed by atoms with Crippen LogP contribution in [-0.2, 0) is 0 Å². The van der Waals surface area contributed by atoms with Crippen LogP contribution in [0.5, 0.6) is 5.75 Å². The number of rotatable bonds is 1. The van der Waals surface area contributed by atoms with Gasteiger partial charge in [0.15, 0.2) is 11.6 Å². The van der Waals surface area contributed by atoms with E-state index in [-0.39, 0.29) is 0 Å². The zero-order valence-electron chi connectivity index (χ0n) is 5.28. The Bertz CT molecular complexity index is 280. The van der Waals surface area contributed by atoms with Gasteiger partial charge in [0.1, 0.15) is 5.56 Å². The lowest BCUT2D eigenvalue weighted by molar-refractivity contribution is 0.0688. The van der Waals surface area contributed by atoms with Gasteiger partial charge in [-0.25, -0.2) is 9.18 Å². The lowest BCUT2D eigenvalue weighted by Crippen LogP contribution is -2.01. The molecular weight excluding hydrogens is 153 g/mol. The van der Waals surface area contributed by atoms with Gasteiger partial charge in [0.25, 0.3) is 0 Å². The van der Waals surface area contributed by atoms with Crippen LogP contribution in [-0.4, -0.2) is 21.2 Å². The summed E-state index contributed by atoms with van der Waals surface area (Å²) in [5.74, 6) is -3.22. The summed E-state index contributed by atoms with van der Waals surface area (Å²) in [5.41, 5.74) is -0.750. The molecule has 0 unspecified atom stereocenters. The molecule has 2 N–H and O–H groups in total. The molecule has 0 spiro atoms. The lowest BCUT2D eigenvalue weighted by atomic mass is 10.2. The van der Waals surface area contributed by atoms with Gasteiger partial charge in [0.05, 0.1) is 12.4 Å². The van der Waals surface area contributed by atoms with Crippen molar-refractivity contribution in [3.05, 3.63) is 23.8 Å². The fourth-order valence-electron chi connectivity index (χ4n) is 0.636. The highest BCUT2D eigenvalue weighted by Gasteiger charge is 2.14. The van der Waals surface area contributed by atoms with E-state index in [1.165, 1.54) is 0 Å². The summed E-state index contributed by atoms with van der Waals surface area (Å²) >= 11 is 0. The Labute approximate surface area is 60.9 Å². The van der Waals surface area contributed by atoms with Gasteiger partial charge in [-0.1, -0.05) is 0 Å². The molecule has 11 heavy (non-hydrogen) atoms. The van der Waals surface area contributed by atoms with Gasteiger partial charge >= 0.3 is 5.97 Å². The molecule has 0 bridgehead atoms. The Morgan fingerprint density at radius 2 is 2.18 bits per heavy atom. The molecule has 58 valence electrons. The molecule has 0 aliphatic rings. The third-order valence-corrected chi connectivity index (χ3v) is 1.09. The van der Waals surface area contributed by atoms with Crippen molar-refractivity contribution in [3.63, 3.8) is 0 Å². The second-order valence-electron chi connectivity index (χ2n) is 1.82. The normalized spacial score (nSPS) is 9.55. The third kappa shape index (κ3) is 1.26. The van der Waals surface area contributed by atoms with Crippen molar-refractivity contribution >= 4 is 5.97 Å². The highest BCUT2D eigenvalue weighted by molar-refractivity contribution is 5.90. The summed E-state index contributed by atoms with van der Waals surface area (Å²) in [4.78, 5) is 13.5. The van der Waals surface area contributed by atoms with Crippen LogP contribution in [0.25, 0.3) is 0 Å². The van der Waals surface area contributed by atoms with Crippen LogP contribution in [0, 0.1) is 5.82 Å². The number of aromatic carboxylic acids is 1. The number of halogens is 1. The van der Waals surface area contributed by atoms with Crippen LogP contribution >= 0.6 is 0 Å². The smallest absolute Gasteiger partial charge is 0.342 e. The Morgan fingerprint density at radius 3 is 2.55 bits per heavy atom. The van der Waals surface area contributed by atoms with Crippen molar-refractivity contribution in [1.82, 2.24) is 4.98 Å². The molecule has 1 heterocycles. The molecular formula is C6H4FNO3. The predicted molar refractivity (Wildman–Crippen MR) is 32.8 cm³/mol. The minimum Gasteiger partial charge on any atom is -0.505 e. The fourth-order valence-corrected chi connectivity index (χ4v) is 0.636. The Balaban J connectivity index is 3.32. The van der Waals surface area contributed by atoms with Gasteiger partial charge < -0.3 is 10.2 Å². The number of carboxylic acid groups (broad SMARTS) is 1.